The third-order valence-corrected chi connectivity index (χ3v) is 3.55. The molecule has 2 rings (SSSR count). The highest BCUT2D eigenvalue weighted by molar-refractivity contribution is 6.61. The first-order valence-electron chi connectivity index (χ1n) is 5.65. The minimum Gasteiger partial charge on any atom is -0.470 e. The van der Waals surface area contributed by atoms with E-state index in [-0.39, 0.29) is 11.2 Å². The zero-order valence-corrected chi connectivity index (χ0v) is 10.9. The van der Waals surface area contributed by atoms with E-state index in [1.165, 1.54) is 0 Å². The molecule has 0 unspecified atom stereocenters. The Morgan fingerprint density at radius 3 is 1.88 bits per heavy atom. The highest BCUT2D eigenvalue weighted by Gasteiger charge is 2.53. The van der Waals surface area contributed by atoms with E-state index < -0.39 is 7.12 Å². The number of hydrogen-bond donors (Lipinski definition) is 0. The van der Waals surface area contributed by atoms with Gasteiger partial charge in [0.2, 0.25) is 0 Å². The quantitative estimate of drug-likeness (QED) is 0.682. The molecule has 0 aliphatic carbocycles. The van der Waals surface area contributed by atoms with Gasteiger partial charge in [-0.15, -0.1) is 0 Å². The zero-order valence-electron chi connectivity index (χ0n) is 10.9. The van der Waals surface area contributed by atoms with Crippen molar-refractivity contribution in [1.29, 1.82) is 0 Å². The lowest BCUT2D eigenvalue weighted by Gasteiger charge is -2.32. The highest BCUT2D eigenvalue weighted by atomic mass is 16.7. The van der Waals surface area contributed by atoms with Crippen LogP contribution in [0, 0.1) is 13.8 Å². The van der Waals surface area contributed by atoms with E-state index in [1.54, 1.807) is 0 Å². The predicted octanol–water partition coefficient (Wildman–Crippen LogP) is 2.20. The number of furan rings is 1. The largest absolute Gasteiger partial charge is 0.533 e. The molecule has 0 spiro atoms. The normalized spacial score (nSPS) is 22.8. The van der Waals surface area contributed by atoms with Gasteiger partial charge in [-0.2, -0.15) is 0 Å². The van der Waals surface area contributed by atoms with Crippen molar-refractivity contribution in [2.75, 3.05) is 0 Å². The van der Waals surface area contributed by atoms with E-state index in [4.69, 9.17) is 13.7 Å². The summed E-state index contributed by atoms with van der Waals surface area (Å²) < 4.78 is 17.5. The lowest BCUT2D eigenvalue weighted by molar-refractivity contribution is 0.00578. The van der Waals surface area contributed by atoms with Crippen LogP contribution in [0.25, 0.3) is 0 Å². The Balaban J connectivity index is 2.30. The van der Waals surface area contributed by atoms with Gasteiger partial charge in [-0.25, -0.2) is 0 Å². The number of rotatable bonds is 1. The molecular formula is C12H19BO3. The number of aryl methyl sites for hydroxylation is 2. The minimum absolute atomic E-state index is 0.315. The van der Waals surface area contributed by atoms with Crippen LogP contribution in [0.2, 0.25) is 0 Å². The van der Waals surface area contributed by atoms with Crippen molar-refractivity contribution in [3.8, 4) is 0 Å². The van der Waals surface area contributed by atoms with E-state index in [0.717, 1.165) is 17.0 Å². The number of hydrogen-bond acceptors (Lipinski definition) is 3. The summed E-state index contributed by atoms with van der Waals surface area (Å²) in [6, 6.07) is 2.00. The minimum atomic E-state index is -0.390. The summed E-state index contributed by atoms with van der Waals surface area (Å²) in [5.41, 5.74) is 1.24. The molecule has 0 aromatic carbocycles. The van der Waals surface area contributed by atoms with Gasteiger partial charge in [-0.1, -0.05) is 0 Å². The van der Waals surface area contributed by atoms with E-state index in [2.05, 4.69) is 0 Å². The van der Waals surface area contributed by atoms with Crippen molar-refractivity contribution < 1.29 is 13.7 Å². The summed E-state index contributed by atoms with van der Waals surface area (Å²) >= 11 is 0. The first-order valence-corrected chi connectivity index (χ1v) is 5.65. The standard InChI is InChI=1S/C12H19BO3/c1-8-7-9(2)14-10(8)13-15-11(3,4)12(5,6)16-13/h7H,1-6H3. The molecule has 0 bridgehead atoms. The second-order valence-electron chi connectivity index (χ2n) is 5.49. The van der Waals surface area contributed by atoms with Gasteiger partial charge in [0.25, 0.3) is 0 Å². The second kappa shape index (κ2) is 3.38. The summed E-state index contributed by atoms with van der Waals surface area (Å²) in [6.45, 7) is 12.1. The fourth-order valence-corrected chi connectivity index (χ4v) is 1.84. The maximum Gasteiger partial charge on any atom is 0.533 e. The molecule has 1 aromatic rings. The molecule has 0 N–H and O–H groups in total. The van der Waals surface area contributed by atoms with Gasteiger partial charge in [0.1, 0.15) is 5.66 Å². The molecule has 4 heteroatoms. The van der Waals surface area contributed by atoms with Gasteiger partial charge in [0.15, 0.2) is 0 Å². The Hall–Kier alpha value is -0.735. The van der Waals surface area contributed by atoms with Gasteiger partial charge in [0, 0.05) is 0 Å². The Morgan fingerprint density at radius 2 is 1.50 bits per heavy atom. The Bertz CT molecular complexity index is 390. The molecule has 0 amide bonds. The third-order valence-electron chi connectivity index (χ3n) is 3.55. The summed E-state index contributed by atoms with van der Waals surface area (Å²) in [5, 5.41) is 0. The monoisotopic (exact) mass is 222 g/mol. The van der Waals surface area contributed by atoms with Gasteiger partial charge >= 0.3 is 7.12 Å². The topological polar surface area (TPSA) is 31.6 Å². The maximum atomic E-state index is 5.93. The van der Waals surface area contributed by atoms with Crippen molar-refractivity contribution >= 4 is 12.8 Å². The van der Waals surface area contributed by atoms with Crippen LogP contribution in [-0.2, 0) is 9.31 Å². The summed E-state index contributed by atoms with van der Waals surface area (Å²) in [5.74, 6) is 0.891. The Labute approximate surface area is 97.3 Å². The van der Waals surface area contributed by atoms with Crippen LogP contribution >= 0.6 is 0 Å². The van der Waals surface area contributed by atoms with Crippen molar-refractivity contribution in [1.82, 2.24) is 0 Å². The van der Waals surface area contributed by atoms with Crippen LogP contribution in [-0.4, -0.2) is 18.3 Å². The second-order valence-corrected chi connectivity index (χ2v) is 5.49. The summed E-state index contributed by atoms with van der Waals surface area (Å²) in [4.78, 5) is 0. The molecule has 1 aliphatic heterocycles. The molecule has 0 atom stereocenters. The van der Waals surface area contributed by atoms with Gasteiger partial charge < -0.3 is 13.7 Å². The molecule has 0 radical (unpaired) electrons. The van der Waals surface area contributed by atoms with Crippen LogP contribution < -0.4 is 5.66 Å². The van der Waals surface area contributed by atoms with Crippen LogP contribution in [0.15, 0.2) is 10.5 Å². The maximum absolute atomic E-state index is 5.93. The fraction of sp³-hybridized carbons (Fsp3) is 0.667. The van der Waals surface area contributed by atoms with Crippen molar-refractivity contribution in [2.45, 2.75) is 52.7 Å². The molecule has 1 fully saturated rings. The van der Waals surface area contributed by atoms with E-state index in [9.17, 15) is 0 Å². The van der Waals surface area contributed by atoms with E-state index >= 15 is 0 Å². The SMILES string of the molecule is Cc1cc(C)c(B2OC(C)(C)C(C)(C)O2)o1. The van der Waals surface area contributed by atoms with Gasteiger partial charge in [0.05, 0.1) is 17.0 Å². The lowest BCUT2D eigenvalue weighted by Crippen LogP contribution is -2.41. The first kappa shape index (κ1) is 11.7. The molecule has 3 nitrogen and oxygen atoms in total. The van der Waals surface area contributed by atoms with Gasteiger partial charge in [-0.3, -0.25) is 0 Å². The molecule has 88 valence electrons. The first-order chi connectivity index (χ1) is 7.23. The van der Waals surface area contributed by atoms with Crippen molar-refractivity contribution in [3.05, 3.63) is 17.4 Å². The average molecular weight is 222 g/mol. The molecule has 16 heavy (non-hydrogen) atoms. The Kier molecular flexibility index (Phi) is 2.48. The van der Waals surface area contributed by atoms with Crippen LogP contribution in [0.5, 0.6) is 0 Å². The molecule has 2 heterocycles. The fourth-order valence-electron chi connectivity index (χ4n) is 1.84. The molecular weight excluding hydrogens is 203 g/mol. The third kappa shape index (κ3) is 1.70. The van der Waals surface area contributed by atoms with Crippen molar-refractivity contribution in [3.63, 3.8) is 0 Å². The predicted molar refractivity (Wildman–Crippen MR) is 63.9 cm³/mol. The Morgan fingerprint density at radius 1 is 1.00 bits per heavy atom. The van der Waals surface area contributed by atoms with Crippen LogP contribution in [0.3, 0.4) is 0 Å². The van der Waals surface area contributed by atoms with Crippen molar-refractivity contribution in [2.24, 2.45) is 0 Å². The van der Waals surface area contributed by atoms with Crippen LogP contribution in [0.4, 0.5) is 0 Å². The zero-order chi connectivity index (χ0) is 12.1. The smallest absolute Gasteiger partial charge is 0.470 e. The van der Waals surface area contributed by atoms with Crippen LogP contribution in [0.1, 0.15) is 39.0 Å². The lowest BCUT2D eigenvalue weighted by atomic mass is 9.84. The van der Waals surface area contributed by atoms with E-state index in [1.807, 2.05) is 47.6 Å². The molecule has 1 aliphatic rings. The van der Waals surface area contributed by atoms with Gasteiger partial charge in [-0.05, 0) is 53.2 Å². The molecule has 1 aromatic heterocycles. The molecule has 1 saturated heterocycles. The summed E-state index contributed by atoms with van der Waals surface area (Å²) in [7, 11) is -0.390. The summed E-state index contributed by atoms with van der Waals surface area (Å²) in [6.07, 6.45) is 0. The molecule has 0 saturated carbocycles. The highest BCUT2D eigenvalue weighted by Crippen LogP contribution is 2.36. The average Bonchev–Trinajstić information content (AvgIpc) is 2.51. The van der Waals surface area contributed by atoms with E-state index in [0.29, 0.717) is 0 Å².